The zero-order valence-electron chi connectivity index (χ0n) is 20.4. The van der Waals surface area contributed by atoms with E-state index in [-0.39, 0.29) is 0 Å². The molecule has 0 aliphatic carbocycles. The number of fused-ring (bicyclic) bond motifs is 6. The molecule has 8 aromatic rings. The van der Waals surface area contributed by atoms with Crippen LogP contribution in [0.4, 0.5) is 0 Å². The van der Waals surface area contributed by atoms with Gasteiger partial charge in [-0.3, -0.25) is 0 Å². The van der Waals surface area contributed by atoms with Crippen molar-refractivity contribution in [2.45, 2.75) is 0 Å². The van der Waals surface area contributed by atoms with Crippen molar-refractivity contribution >= 4 is 44.0 Å². The number of benzene rings is 5. The highest BCUT2D eigenvalue weighted by Crippen LogP contribution is 2.40. The minimum atomic E-state index is 0.560. The van der Waals surface area contributed by atoms with Crippen molar-refractivity contribution in [2.24, 2.45) is 0 Å². The molecule has 0 bridgehead atoms. The lowest BCUT2D eigenvalue weighted by Crippen LogP contribution is -1.98. The van der Waals surface area contributed by atoms with Crippen LogP contribution in [0.3, 0.4) is 0 Å². The number of rotatable bonds is 3. The van der Waals surface area contributed by atoms with Crippen LogP contribution in [0.1, 0.15) is 0 Å². The van der Waals surface area contributed by atoms with E-state index in [0.29, 0.717) is 5.71 Å². The van der Waals surface area contributed by atoms with E-state index in [9.17, 15) is 0 Å². The molecule has 0 saturated carbocycles. The first-order valence-electron chi connectivity index (χ1n) is 12.7. The summed E-state index contributed by atoms with van der Waals surface area (Å²) in [5.41, 5.74) is 10.3. The SMILES string of the molecule is c1ccc(-c2ccccc2-n2c3ccccc3c3ccccc32)c(-c2ccc3oc4nccnc4c3c2)c1. The minimum absolute atomic E-state index is 0.560. The van der Waals surface area contributed by atoms with Crippen LogP contribution in [0.2, 0.25) is 0 Å². The van der Waals surface area contributed by atoms with Gasteiger partial charge in [0, 0.05) is 34.1 Å². The molecule has 0 N–H and O–H groups in total. The molecule has 0 saturated heterocycles. The fraction of sp³-hybridized carbons (Fsp3) is 0. The molecular formula is C34H21N3O. The maximum Gasteiger partial charge on any atom is 0.246 e. The summed E-state index contributed by atoms with van der Waals surface area (Å²) in [4.78, 5) is 8.87. The first-order valence-corrected chi connectivity index (χ1v) is 12.7. The predicted molar refractivity (Wildman–Crippen MR) is 155 cm³/mol. The van der Waals surface area contributed by atoms with E-state index in [4.69, 9.17) is 4.42 Å². The molecule has 3 heterocycles. The lowest BCUT2D eigenvalue weighted by atomic mass is 9.93. The molecule has 0 unspecified atom stereocenters. The van der Waals surface area contributed by atoms with Gasteiger partial charge in [-0.15, -0.1) is 0 Å². The Morgan fingerprint density at radius 3 is 1.95 bits per heavy atom. The zero-order valence-corrected chi connectivity index (χ0v) is 20.4. The fourth-order valence-corrected chi connectivity index (χ4v) is 5.71. The van der Waals surface area contributed by atoms with Crippen molar-refractivity contribution in [3.8, 4) is 27.9 Å². The Bertz CT molecular complexity index is 2100. The van der Waals surface area contributed by atoms with Gasteiger partial charge in [-0.2, -0.15) is 0 Å². The van der Waals surface area contributed by atoms with Crippen LogP contribution in [0.25, 0.3) is 71.9 Å². The quantitative estimate of drug-likeness (QED) is 0.250. The molecule has 0 amide bonds. The summed E-state index contributed by atoms with van der Waals surface area (Å²) < 4.78 is 8.32. The standard InChI is InChI=1S/C34H21N3O/c1-2-10-24(23(9-1)22-17-18-32-28(21-22)33-34(38-32)36-20-19-35-33)25-11-3-6-14-29(25)37-30-15-7-4-12-26(30)27-13-5-8-16-31(27)37/h1-21H. The number of hydrogen-bond donors (Lipinski definition) is 0. The monoisotopic (exact) mass is 487 g/mol. The fourth-order valence-electron chi connectivity index (χ4n) is 5.71. The second-order valence-corrected chi connectivity index (χ2v) is 9.46. The molecule has 8 rings (SSSR count). The summed E-state index contributed by atoms with van der Waals surface area (Å²) in [6.07, 6.45) is 3.37. The van der Waals surface area contributed by atoms with E-state index >= 15 is 0 Å². The Labute approximate surface area is 218 Å². The molecule has 3 aromatic heterocycles. The van der Waals surface area contributed by atoms with Gasteiger partial charge in [0.1, 0.15) is 11.1 Å². The van der Waals surface area contributed by atoms with Crippen LogP contribution in [0.15, 0.2) is 132 Å². The Hall–Kier alpha value is -5.22. The number of furan rings is 1. The lowest BCUT2D eigenvalue weighted by molar-refractivity contribution is 0.653. The van der Waals surface area contributed by atoms with E-state index in [2.05, 4.69) is 124 Å². The van der Waals surface area contributed by atoms with Crippen LogP contribution >= 0.6 is 0 Å². The van der Waals surface area contributed by atoms with E-state index in [0.717, 1.165) is 33.3 Å². The Morgan fingerprint density at radius 2 is 1.16 bits per heavy atom. The first kappa shape index (κ1) is 20.9. The predicted octanol–water partition coefficient (Wildman–Crippen LogP) is 8.81. The normalized spacial score (nSPS) is 11.7. The van der Waals surface area contributed by atoms with Crippen molar-refractivity contribution in [1.29, 1.82) is 0 Å². The molecule has 0 aliphatic heterocycles. The van der Waals surface area contributed by atoms with Crippen LogP contribution in [-0.2, 0) is 0 Å². The average Bonchev–Trinajstić information content (AvgIpc) is 3.53. The van der Waals surface area contributed by atoms with Crippen molar-refractivity contribution in [1.82, 2.24) is 14.5 Å². The van der Waals surface area contributed by atoms with Gasteiger partial charge in [0.25, 0.3) is 0 Å². The third-order valence-corrected chi connectivity index (χ3v) is 7.36. The summed E-state index contributed by atoms with van der Waals surface area (Å²) in [7, 11) is 0. The number of nitrogens with zero attached hydrogens (tertiary/aromatic N) is 3. The summed E-state index contributed by atoms with van der Waals surface area (Å²) in [5.74, 6) is 0. The smallest absolute Gasteiger partial charge is 0.246 e. The van der Waals surface area contributed by atoms with Crippen LogP contribution in [-0.4, -0.2) is 14.5 Å². The van der Waals surface area contributed by atoms with E-state index in [1.54, 1.807) is 12.4 Å². The van der Waals surface area contributed by atoms with E-state index in [1.807, 2.05) is 6.07 Å². The molecule has 4 heteroatoms. The Balaban J connectivity index is 1.39. The molecule has 0 atom stereocenters. The highest BCUT2D eigenvalue weighted by atomic mass is 16.3. The number of para-hydroxylation sites is 3. The van der Waals surface area contributed by atoms with Crippen molar-refractivity contribution in [3.05, 3.63) is 128 Å². The van der Waals surface area contributed by atoms with E-state index in [1.165, 1.54) is 32.9 Å². The first-order chi connectivity index (χ1) is 18.9. The van der Waals surface area contributed by atoms with Gasteiger partial charge < -0.3 is 8.98 Å². The topological polar surface area (TPSA) is 43.9 Å². The molecular weight excluding hydrogens is 466 g/mol. The third-order valence-electron chi connectivity index (χ3n) is 7.36. The molecule has 0 radical (unpaired) electrons. The van der Waals surface area contributed by atoms with Crippen LogP contribution < -0.4 is 0 Å². The van der Waals surface area contributed by atoms with Crippen LogP contribution in [0, 0.1) is 0 Å². The van der Waals surface area contributed by atoms with Gasteiger partial charge in [-0.05, 0) is 47.0 Å². The number of hydrogen-bond acceptors (Lipinski definition) is 3. The van der Waals surface area contributed by atoms with Gasteiger partial charge in [0.15, 0.2) is 0 Å². The lowest BCUT2D eigenvalue weighted by Gasteiger charge is -2.17. The van der Waals surface area contributed by atoms with Gasteiger partial charge >= 0.3 is 0 Å². The summed E-state index contributed by atoms with van der Waals surface area (Å²) in [6, 6.07) is 40.8. The molecule has 0 aliphatic rings. The van der Waals surface area contributed by atoms with Crippen molar-refractivity contribution in [2.75, 3.05) is 0 Å². The molecule has 4 nitrogen and oxygen atoms in total. The second-order valence-electron chi connectivity index (χ2n) is 9.46. The minimum Gasteiger partial charge on any atom is -0.436 e. The number of aromatic nitrogens is 3. The molecule has 0 spiro atoms. The highest BCUT2D eigenvalue weighted by Gasteiger charge is 2.18. The van der Waals surface area contributed by atoms with Crippen molar-refractivity contribution < 1.29 is 4.42 Å². The molecule has 0 fully saturated rings. The van der Waals surface area contributed by atoms with Gasteiger partial charge in [-0.25, -0.2) is 9.97 Å². The molecule has 178 valence electrons. The van der Waals surface area contributed by atoms with Gasteiger partial charge in [0.05, 0.1) is 16.7 Å². The summed E-state index contributed by atoms with van der Waals surface area (Å²) in [5, 5.41) is 3.48. The Kier molecular flexibility index (Phi) is 4.49. The Morgan fingerprint density at radius 1 is 0.526 bits per heavy atom. The summed E-state index contributed by atoms with van der Waals surface area (Å²) in [6.45, 7) is 0. The second kappa shape index (κ2) is 8.15. The van der Waals surface area contributed by atoms with Gasteiger partial charge in [0.2, 0.25) is 5.71 Å². The molecule has 38 heavy (non-hydrogen) atoms. The maximum absolute atomic E-state index is 5.93. The van der Waals surface area contributed by atoms with E-state index < -0.39 is 0 Å². The average molecular weight is 488 g/mol. The highest BCUT2D eigenvalue weighted by molar-refractivity contribution is 6.10. The maximum atomic E-state index is 5.93. The molecule has 5 aromatic carbocycles. The van der Waals surface area contributed by atoms with Crippen molar-refractivity contribution in [3.63, 3.8) is 0 Å². The largest absolute Gasteiger partial charge is 0.436 e. The third kappa shape index (κ3) is 3.04. The summed E-state index contributed by atoms with van der Waals surface area (Å²) >= 11 is 0. The zero-order chi connectivity index (χ0) is 25.1. The van der Waals surface area contributed by atoms with Gasteiger partial charge in [-0.1, -0.05) is 84.9 Å². The van der Waals surface area contributed by atoms with Crippen LogP contribution in [0.5, 0.6) is 0 Å².